The molecule has 0 radical (unpaired) electrons. The molecule has 1 atom stereocenters. The van der Waals surface area contributed by atoms with Crippen LogP contribution < -0.4 is 5.73 Å². The molecule has 0 saturated heterocycles. The van der Waals surface area contributed by atoms with Crippen LogP contribution in [-0.2, 0) is 6.18 Å². The molecule has 3 rings (SSSR count). The van der Waals surface area contributed by atoms with E-state index in [2.05, 4.69) is 4.98 Å². The SMILES string of the molecule is NC(c1nc2cc(C(F)(F)F)ccc2s1)C1CC1. The minimum absolute atomic E-state index is 0.128. The van der Waals surface area contributed by atoms with Crippen LogP contribution >= 0.6 is 11.3 Å². The maximum Gasteiger partial charge on any atom is 0.416 e. The molecule has 2 aromatic rings. The highest BCUT2D eigenvalue weighted by molar-refractivity contribution is 7.18. The number of rotatable bonds is 2. The molecule has 0 bridgehead atoms. The topological polar surface area (TPSA) is 38.9 Å². The minimum Gasteiger partial charge on any atom is -0.322 e. The first-order chi connectivity index (χ1) is 8.45. The van der Waals surface area contributed by atoms with E-state index in [0.717, 1.165) is 34.7 Å². The van der Waals surface area contributed by atoms with Crippen molar-refractivity contribution in [3.05, 3.63) is 28.8 Å². The first kappa shape index (κ1) is 11.9. The lowest BCUT2D eigenvalue weighted by molar-refractivity contribution is -0.137. The molecule has 1 aromatic heterocycles. The molecule has 6 heteroatoms. The Morgan fingerprint density at radius 2 is 2.06 bits per heavy atom. The molecule has 18 heavy (non-hydrogen) atoms. The lowest BCUT2D eigenvalue weighted by atomic mass is 10.2. The predicted octanol–water partition coefficient (Wildman–Crippen LogP) is 3.72. The summed E-state index contributed by atoms with van der Waals surface area (Å²) in [5.41, 5.74) is 5.74. The highest BCUT2D eigenvalue weighted by Gasteiger charge is 2.33. The van der Waals surface area contributed by atoms with Crippen molar-refractivity contribution in [3.8, 4) is 0 Å². The Kier molecular flexibility index (Phi) is 2.60. The van der Waals surface area contributed by atoms with Crippen molar-refractivity contribution in [1.82, 2.24) is 4.98 Å². The Morgan fingerprint density at radius 1 is 1.33 bits per heavy atom. The smallest absolute Gasteiger partial charge is 0.322 e. The van der Waals surface area contributed by atoms with Crippen LogP contribution in [0, 0.1) is 5.92 Å². The van der Waals surface area contributed by atoms with E-state index >= 15 is 0 Å². The maximum atomic E-state index is 12.6. The Morgan fingerprint density at radius 3 is 2.67 bits per heavy atom. The molecule has 2 nitrogen and oxygen atoms in total. The second kappa shape index (κ2) is 3.93. The molecule has 1 aliphatic carbocycles. The van der Waals surface area contributed by atoms with Gasteiger partial charge < -0.3 is 5.73 Å². The van der Waals surface area contributed by atoms with Gasteiger partial charge in [0.25, 0.3) is 0 Å². The fourth-order valence-corrected chi connectivity index (χ4v) is 2.96. The van der Waals surface area contributed by atoms with E-state index in [1.807, 2.05) is 0 Å². The van der Waals surface area contributed by atoms with Gasteiger partial charge in [-0.05, 0) is 37.0 Å². The third-order valence-electron chi connectivity index (χ3n) is 3.15. The van der Waals surface area contributed by atoms with Gasteiger partial charge in [-0.3, -0.25) is 0 Å². The molecule has 1 heterocycles. The van der Waals surface area contributed by atoms with E-state index in [9.17, 15) is 13.2 Å². The number of benzene rings is 1. The zero-order chi connectivity index (χ0) is 12.9. The summed E-state index contributed by atoms with van der Waals surface area (Å²) >= 11 is 1.39. The van der Waals surface area contributed by atoms with Crippen molar-refractivity contribution < 1.29 is 13.2 Å². The lowest BCUT2D eigenvalue weighted by Gasteiger charge is -2.05. The number of hydrogen-bond acceptors (Lipinski definition) is 3. The average molecular weight is 272 g/mol. The fourth-order valence-electron chi connectivity index (χ4n) is 1.92. The maximum absolute atomic E-state index is 12.6. The summed E-state index contributed by atoms with van der Waals surface area (Å²) in [7, 11) is 0. The number of nitrogens with two attached hydrogens (primary N) is 1. The lowest BCUT2D eigenvalue weighted by Crippen LogP contribution is -2.11. The Hall–Kier alpha value is -1.14. The van der Waals surface area contributed by atoms with E-state index in [1.165, 1.54) is 17.4 Å². The van der Waals surface area contributed by atoms with Gasteiger partial charge in [0, 0.05) is 0 Å². The van der Waals surface area contributed by atoms with E-state index in [4.69, 9.17) is 5.73 Å². The van der Waals surface area contributed by atoms with Gasteiger partial charge in [0.1, 0.15) is 5.01 Å². The Balaban J connectivity index is 2.01. The number of thiazole rings is 1. The molecule has 1 saturated carbocycles. The summed E-state index contributed by atoms with van der Waals surface area (Å²) in [5.74, 6) is 0.452. The van der Waals surface area contributed by atoms with Crippen LogP contribution in [0.4, 0.5) is 13.2 Å². The van der Waals surface area contributed by atoms with Crippen LogP contribution in [0.3, 0.4) is 0 Å². The summed E-state index contributed by atoms with van der Waals surface area (Å²) in [4.78, 5) is 4.24. The number of alkyl halides is 3. The largest absolute Gasteiger partial charge is 0.416 e. The molecule has 1 fully saturated rings. The zero-order valence-electron chi connectivity index (χ0n) is 9.37. The number of nitrogens with zero attached hydrogens (tertiary/aromatic N) is 1. The van der Waals surface area contributed by atoms with Crippen LogP contribution in [0.5, 0.6) is 0 Å². The highest BCUT2D eigenvalue weighted by Crippen LogP contribution is 2.42. The summed E-state index contributed by atoms with van der Waals surface area (Å²) in [6, 6.07) is 3.53. The molecule has 0 aliphatic heterocycles. The molecule has 0 spiro atoms. The third-order valence-corrected chi connectivity index (χ3v) is 4.28. The van der Waals surface area contributed by atoms with Crippen molar-refractivity contribution in [2.24, 2.45) is 11.7 Å². The van der Waals surface area contributed by atoms with Gasteiger partial charge in [0.15, 0.2) is 0 Å². The average Bonchev–Trinajstić information content (AvgIpc) is 3.05. The van der Waals surface area contributed by atoms with Crippen LogP contribution in [0.2, 0.25) is 0 Å². The van der Waals surface area contributed by atoms with Gasteiger partial charge in [0.05, 0.1) is 21.8 Å². The molecule has 0 amide bonds. The minimum atomic E-state index is -4.32. The second-order valence-corrected chi connectivity index (χ2v) is 5.66. The molecule has 2 N–H and O–H groups in total. The van der Waals surface area contributed by atoms with Gasteiger partial charge in [-0.1, -0.05) is 0 Å². The molecular weight excluding hydrogens is 261 g/mol. The Labute approximate surface area is 106 Å². The molecule has 1 unspecified atom stereocenters. The number of aromatic nitrogens is 1. The van der Waals surface area contributed by atoms with Gasteiger partial charge in [-0.15, -0.1) is 11.3 Å². The summed E-state index contributed by atoms with van der Waals surface area (Å²) < 4.78 is 38.5. The van der Waals surface area contributed by atoms with Crippen molar-refractivity contribution in [2.75, 3.05) is 0 Å². The standard InChI is InChI=1S/C12H11F3N2S/c13-12(14,15)7-3-4-9-8(5-7)17-11(18-9)10(16)6-1-2-6/h3-6,10H,1-2,16H2. The number of fused-ring (bicyclic) bond motifs is 1. The second-order valence-electron chi connectivity index (χ2n) is 4.60. The number of hydrogen-bond donors (Lipinski definition) is 1. The highest BCUT2D eigenvalue weighted by atomic mass is 32.1. The quantitative estimate of drug-likeness (QED) is 0.904. The number of halogens is 3. The molecular formula is C12H11F3N2S. The van der Waals surface area contributed by atoms with E-state index < -0.39 is 11.7 Å². The monoisotopic (exact) mass is 272 g/mol. The van der Waals surface area contributed by atoms with Gasteiger partial charge in [-0.25, -0.2) is 4.98 Å². The zero-order valence-corrected chi connectivity index (χ0v) is 10.2. The van der Waals surface area contributed by atoms with Crippen molar-refractivity contribution in [2.45, 2.75) is 25.1 Å². The fraction of sp³-hybridized carbons (Fsp3) is 0.417. The predicted molar refractivity (Wildman–Crippen MR) is 64.3 cm³/mol. The first-order valence-electron chi connectivity index (χ1n) is 5.68. The van der Waals surface area contributed by atoms with E-state index in [-0.39, 0.29) is 6.04 Å². The van der Waals surface area contributed by atoms with Gasteiger partial charge in [-0.2, -0.15) is 13.2 Å². The van der Waals surface area contributed by atoms with E-state index in [0.29, 0.717) is 11.4 Å². The molecule has 1 aliphatic rings. The summed E-state index contributed by atoms with van der Waals surface area (Å²) in [6.45, 7) is 0. The van der Waals surface area contributed by atoms with Crippen LogP contribution in [0.15, 0.2) is 18.2 Å². The normalized spacial score (nSPS) is 18.2. The van der Waals surface area contributed by atoms with Crippen LogP contribution in [0.1, 0.15) is 29.5 Å². The third kappa shape index (κ3) is 2.10. The van der Waals surface area contributed by atoms with E-state index in [1.54, 1.807) is 0 Å². The van der Waals surface area contributed by atoms with Gasteiger partial charge >= 0.3 is 6.18 Å². The van der Waals surface area contributed by atoms with Crippen LogP contribution in [-0.4, -0.2) is 4.98 Å². The first-order valence-corrected chi connectivity index (χ1v) is 6.50. The molecule has 1 aromatic carbocycles. The van der Waals surface area contributed by atoms with Crippen LogP contribution in [0.25, 0.3) is 10.2 Å². The van der Waals surface area contributed by atoms with Crippen molar-refractivity contribution in [3.63, 3.8) is 0 Å². The molecule has 96 valence electrons. The van der Waals surface area contributed by atoms with Gasteiger partial charge in [0.2, 0.25) is 0 Å². The summed E-state index contributed by atoms with van der Waals surface area (Å²) in [5, 5.41) is 0.742. The van der Waals surface area contributed by atoms with Crippen molar-refractivity contribution in [1.29, 1.82) is 0 Å². The summed E-state index contributed by atoms with van der Waals surface area (Å²) in [6.07, 6.45) is -2.15. The Bertz CT molecular complexity index is 587. The van der Waals surface area contributed by atoms with Crippen molar-refractivity contribution >= 4 is 21.6 Å².